The Labute approximate surface area is 228 Å². The number of fused-ring (bicyclic) bond motifs is 2. The molecule has 0 bridgehead atoms. The Hall–Kier alpha value is -4.06. The van der Waals surface area contributed by atoms with Crippen LogP contribution in [0.5, 0.6) is 11.5 Å². The van der Waals surface area contributed by atoms with E-state index in [4.69, 9.17) is 9.47 Å². The molecule has 0 spiro atoms. The van der Waals surface area contributed by atoms with Crippen LogP contribution in [0.15, 0.2) is 47.3 Å². The summed E-state index contributed by atoms with van der Waals surface area (Å²) in [6.07, 6.45) is -5.42. The smallest absolute Gasteiger partial charge is 0.416 e. The molecule has 1 atom stereocenters. The largest absolute Gasteiger partial charge is 0.486 e. The van der Waals surface area contributed by atoms with E-state index in [1.807, 2.05) is 0 Å². The van der Waals surface area contributed by atoms with Crippen molar-refractivity contribution in [2.24, 2.45) is 0 Å². The zero-order valence-corrected chi connectivity index (χ0v) is 22.2. The van der Waals surface area contributed by atoms with Crippen LogP contribution < -0.4 is 20.3 Å². The van der Waals surface area contributed by atoms with Crippen LogP contribution in [0, 0.1) is 0 Å². The van der Waals surface area contributed by atoms with E-state index in [0.717, 1.165) is 16.7 Å². The minimum atomic E-state index is -4.46. The summed E-state index contributed by atoms with van der Waals surface area (Å²) in [5, 5.41) is 13.6. The molecule has 1 aromatic heterocycles. The highest BCUT2D eigenvalue weighted by atomic mass is 19.4. The SMILES string of the molecule is CC(O)n1c(NC(C)(C)c2ccc(C(F)(F)F)cc2)nc2c(c1=O)CN(C(=O)c1ccc3c(c1)OCCO3)CC2. The standard InChI is InChI=1S/C28H29F3N4O5/c1-16(36)35-25(38)20-15-34(24(37)17-4-9-22-23(14-17)40-13-12-39-22)11-10-21(20)32-26(35)33-27(2,3)18-5-7-19(8-6-18)28(29,30)31/h4-9,14,16,36H,10-13,15H2,1-3H3,(H,32,33). The van der Waals surface area contributed by atoms with Crippen molar-refractivity contribution >= 4 is 11.9 Å². The van der Waals surface area contributed by atoms with Crippen LogP contribution in [0.4, 0.5) is 19.1 Å². The number of aliphatic hydroxyl groups is 1. The van der Waals surface area contributed by atoms with Gasteiger partial charge in [0.25, 0.3) is 11.5 Å². The van der Waals surface area contributed by atoms with Crippen molar-refractivity contribution in [1.29, 1.82) is 0 Å². The van der Waals surface area contributed by atoms with Gasteiger partial charge in [-0.1, -0.05) is 12.1 Å². The van der Waals surface area contributed by atoms with Crippen LogP contribution >= 0.6 is 0 Å². The van der Waals surface area contributed by atoms with Gasteiger partial charge in [0, 0.05) is 18.5 Å². The van der Waals surface area contributed by atoms with Gasteiger partial charge in [-0.2, -0.15) is 13.2 Å². The number of carbonyl (C=O) groups excluding carboxylic acids is 1. The van der Waals surface area contributed by atoms with E-state index in [0.29, 0.717) is 54.5 Å². The summed E-state index contributed by atoms with van der Waals surface area (Å²) in [7, 11) is 0. The molecule has 0 saturated heterocycles. The maximum absolute atomic E-state index is 13.6. The molecule has 0 radical (unpaired) electrons. The maximum Gasteiger partial charge on any atom is 0.416 e. The molecule has 2 N–H and O–H groups in total. The third kappa shape index (κ3) is 5.23. The van der Waals surface area contributed by atoms with Crippen molar-refractivity contribution in [1.82, 2.24) is 14.5 Å². The molecule has 0 fully saturated rings. The van der Waals surface area contributed by atoms with Crippen LogP contribution in [0.2, 0.25) is 0 Å². The first-order valence-corrected chi connectivity index (χ1v) is 12.8. The highest BCUT2D eigenvalue weighted by Crippen LogP contribution is 2.33. The number of ether oxygens (including phenoxy) is 2. The molecular formula is C28H29F3N4O5. The first kappa shape index (κ1) is 27.5. The third-order valence-electron chi connectivity index (χ3n) is 7.07. The average Bonchev–Trinajstić information content (AvgIpc) is 2.91. The van der Waals surface area contributed by atoms with E-state index in [1.165, 1.54) is 19.1 Å². The number of rotatable bonds is 5. The van der Waals surface area contributed by atoms with Crippen molar-refractivity contribution in [2.45, 2.75) is 51.7 Å². The lowest BCUT2D eigenvalue weighted by Gasteiger charge is -2.32. The van der Waals surface area contributed by atoms with Gasteiger partial charge < -0.3 is 24.8 Å². The van der Waals surface area contributed by atoms with Crippen LogP contribution in [-0.4, -0.2) is 45.2 Å². The Kier molecular flexibility index (Phi) is 6.99. The van der Waals surface area contributed by atoms with Crippen molar-refractivity contribution < 1.29 is 32.5 Å². The monoisotopic (exact) mass is 558 g/mol. The molecule has 3 heterocycles. The number of nitrogens with one attached hydrogen (secondary N) is 1. The van der Waals surface area contributed by atoms with E-state index in [9.17, 15) is 27.9 Å². The molecule has 12 heteroatoms. The lowest BCUT2D eigenvalue weighted by molar-refractivity contribution is -0.137. The molecule has 1 amide bonds. The summed E-state index contributed by atoms with van der Waals surface area (Å²) in [5.41, 5.74) is -0.521. The second kappa shape index (κ2) is 10.2. The van der Waals surface area contributed by atoms with Gasteiger partial charge in [-0.15, -0.1) is 0 Å². The van der Waals surface area contributed by atoms with E-state index in [-0.39, 0.29) is 24.0 Å². The number of amides is 1. The number of carbonyl (C=O) groups is 1. The molecular weight excluding hydrogens is 529 g/mol. The molecule has 2 aliphatic rings. The van der Waals surface area contributed by atoms with Gasteiger partial charge in [-0.25, -0.2) is 4.98 Å². The molecule has 2 aliphatic heterocycles. The highest BCUT2D eigenvalue weighted by molar-refractivity contribution is 5.95. The van der Waals surface area contributed by atoms with Crippen LogP contribution in [0.25, 0.3) is 0 Å². The fourth-order valence-electron chi connectivity index (χ4n) is 4.89. The Morgan fingerprint density at radius 3 is 2.35 bits per heavy atom. The number of hydrogen-bond donors (Lipinski definition) is 2. The van der Waals surface area contributed by atoms with Crippen molar-refractivity contribution in [2.75, 3.05) is 25.1 Å². The van der Waals surface area contributed by atoms with Gasteiger partial charge in [0.1, 0.15) is 19.4 Å². The first-order valence-electron chi connectivity index (χ1n) is 12.8. The van der Waals surface area contributed by atoms with Gasteiger partial charge in [0.2, 0.25) is 5.95 Å². The van der Waals surface area contributed by atoms with Gasteiger partial charge in [-0.05, 0) is 56.7 Å². The van der Waals surface area contributed by atoms with E-state index < -0.39 is 29.1 Å². The molecule has 5 rings (SSSR count). The molecule has 2 aromatic carbocycles. The maximum atomic E-state index is 13.6. The quantitative estimate of drug-likeness (QED) is 0.486. The summed E-state index contributed by atoms with van der Waals surface area (Å²) in [5.74, 6) is 0.848. The molecule has 212 valence electrons. The summed E-state index contributed by atoms with van der Waals surface area (Å²) >= 11 is 0. The minimum absolute atomic E-state index is 0.00371. The van der Waals surface area contributed by atoms with E-state index in [2.05, 4.69) is 10.3 Å². The third-order valence-corrected chi connectivity index (χ3v) is 7.07. The second-order valence-electron chi connectivity index (χ2n) is 10.3. The highest BCUT2D eigenvalue weighted by Gasteiger charge is 2.33. The number of aliphatic hydroxyl groups excluding tert-OH is 1. The van der Waals surface area contributed by atoms with Gasteiger partial charge >= 0.3 is 6.18 Å². The number of halogens is 3. The molecule has 3 aromatic rings. The number of benzene rings is 2. The summed E-state index contributed by atoms with van der Waals surface area (Å²) in [4.78, 5) is 33.0. The number of hydrogen-bond acceptors (Lipinski definition) is 7. The molecule has 40 heavy (non-hydrogen) atoms. The van der Waals surface area contributed by atoms with Crippen molar-refractivity contribution in [3.8, 4) is 11.5 Å². The van der Waals surface area contributed by atoms with E-state index in [1.54, 1.807) is 36.9 Å². The van der Waals surface area contributed by atoms with Crippen molar-refractivity contribution in [3.05, 3.63) is 80.8 Å². The molecule has 0 aliphatic carbocycles. The summed E-state index contributed by atoms with van der Waals surface area (Å²) in [6.45, 7) is 6.02. The van der Waals surface area contributed by atoms with Gasteiger partial charge in [0.05, 0.1) is 28.9 Å². The first-order chi connectivity index (χ1) is 18.8. The van der Waals surface area contributed by atoms with Crippen molar-refractivity contribution in [3.63, 3.8) is 0 Å². The summed E-state index contributed by atoms with van der Waals surface area (Å²) < 4.78 is 51.3. The van der Waals surface area contributed by atoms with Gasteiger partial charge in [-0.3, -0.25) is 14.2 Å². The second-order valence-corrected chi connectivity index (χ2v) is 10.3. The fourth-order valence-corrected chi connectivity index (χ4v) is 4.89. The number of alkyl halides is 3. The lowest BCUT2D eigenvalue weighted by atomic mass is 9.93. The summed E-state index contributed by atoms with van der Waals surface area (Å²) in [6, 6.07) is 9.66. The predicted molar refractivity (Wildman–Crippen MR) is 139 cm³/mol. The number of nitrogens with zero attached hydrogens (tertiary/aromatic N) is 3. The zero-order valence-electron chi connectivity index (χ0n) is 22.2. The molecule has 1 unspecified atom stereocenters. The Morgan fingerprint density at radius 1 is 1.05 bits per heavy atom. The fraction of sp³-hybridized carbons (Fsp3) is 0.393. The van der Waals surface area contributed by atoms with Crippen LogP contribution in [-0.2, 0) is 24.7 Å². The predicted octanol–water partition coefficient (Wildman–Crippen LogP) is 4.09. The van der Waals surface area contributed by atoms with Gasteiger partial charge in [0.15, 0.2) is 11.5 Å². The van der Waals surface area contributed by atoms with Crippen LogP contribution in [0.1, 0.15) is 59.7 Å². The van der Waals surface area contributed by atoms with E-state index >= 15 is 0 Å². The Morgan fingerprint density at radius 2 is 1.70 bits per heavy atom. The Balaban J connectivity index is 1.42. The molecule has 0 saturated carbocycles. The Bertz CT molecular complexity index is 1500. The topological polar surface area (TPSA) is 106 Å². The number of anilines is 1. The molecule has 9 nitrogen and oxygen atoms in total. The number of aromatic nitrogens is 2. The lowest BCUT2D eigenvalue weighted by Crippen LogP contribution is -2.43. The average molecular weight is 559 g/mol. The van der Waals surface area contributed by atoms with Crippen LogP contribution in [0.3, 0.4) is 0 Å². The minimum Gasteiger partial charge on any atom is -0.486 e. The zero-order chi connectivity index (χ0) is 28.8. The normalized spacial score (nSPS) is 15.8.